The largest absolute Gasteiger partial charge is 0.393 e. The van der Waals surface area contributed by atoms with Crippen LogP contribution in [0.3, 0.4) is 0 Å². The van der Waals surface area contributed by atoms with Crippen molar-refractivity contribution >= 4 is 17.4 Å². The summed E-state index contributed by atoms with van der Waals surface area (Å²) in [7, 11) is 0. The lowest BCUT2D eigenvalue weighted by molar-refractivity contribution is -0.178. The standard InChI is InChI=1S/C11H13ClF3N3/c12-10(16)5-8(11(13,14)15)6-18(7-10)9-3-1-2-4-17-9/h1-4,8H,5-7,16H2. The van der Waals surface area contributed by atoms with Gasteiger partial charge < -0.3 is 10.6 Å². The van der Waals surface area contributed by atoms with Gasteiger partial charge in [-0.3, -0.25) is 0 Å². The van der Waals surface area contributed by atoms with E-state index < -0.39 is 17.1 Å². The van der Waals surface area contributed by atoms with Gasteiger partial charge in [-0.1, -0.05) is 6.07 Å². The molecule has 1 saturated heterocycles. The number of rotatable bonds is 1. The van der Waals surface area contributed by atoms with E-state index in [0.717, 1.165) is 0 Å². The van der Waals surface area contributed by atoms with Gasteiger partial charge in [0.15, 0.2) is 0 Å². The second-order valence-electron chi connectivity index (χ2n) is 4.55. The van der Waals surface area contributed by atoms with Gasteiger partial charge >= 0.3 is 6.18 Å². The monoisotopic (exact) mass is 279 g/mol. The first-order valence-electron chi connectivity index (χ1n) is 5.48. The summed E-state index contributed by atoms with van der Waals surface area (Å²) in [6.45, 7) is -0.00959. The molecule has 0 bridgehead atoms. The van der Waals surface area contributed by atoms with Crippen LogP contribution >= 0.6 is 11.6 Å². The van der Waals surface area contributed by atoms with Gasteiger partial charge in [0.05, 0.1) is 12.5 Å². The van der Waals surface area contributed by atoms with Crippen LogP contribution in [0, 0.1) is 5.92 Å². The number of anilines is 1. The summed E-state index contributed by atoms with van der Waals surface area (Å²) in [6, 6.07) is 5.06. The summed E-state index contributed by atoms with van der Waals surface area (Å²) in [4.78, 5) is 4.13. The average Bonchev–Trinajstić information content (AvgIpc) is 2.27. The van der Waals surface area contributed by atoms with E-state index in [0.29, 0.717) is 5.82 Å². The maximum absolute atomic E-state index is 12.8. The molecule has 0 aromatic carbocycles. The van der Waals surface area contributed by atoms with Gasteiger partial charge in [-0.05, 0) is 18.6 Å². The summed E-state index contributed by atoms with van der Waals surface area (Å²) in [5.74, 6) is -1.07. The first kappa shape index (κ1) is 13.4. The van der Waals surface area contributed by atoms with Gasteiger partial charge in [0.25, 0.3) is 0 Å². The summed E-state index contributed by atoms with van der Waals surface area (Å²) in [6.07, 6.45) is -3.05. The van der Waals surface area contributed by atoms with E-state index in [2.05, 4.69) is 4.98 Å². The molecule has 2 N–H and O–H groups in total. The molecular weight excluding hydrogens is 267 g/mol. The third kappa shape index (κ3) is 3.05. The van der Waals surface area contributed by atoms with Gasteiger partial charge in [0, 0.05) is 12.7 Å². The van der Waals surface area contributed by atoms with E-state index in [4.69, 9.17) is 17.3 Å². The molecule has 7 heteroatoms. The highest BCUT2D eigenvalue weighted by Crippen LogP contribution is 2.38. The molecule has 2 heterocycles. The summed E-state index contributed by atoms with van der Waals surface area (Å²) in [5.41, 5.74) is 5.69. The second-order valence-corrected chi connectivity index (χ2v) is 5.30. The number of halogens is 4. The van der Waals surface area contributed by atoms with Crippen LogP contribution in [0.4, 0.5) is 19.0 Å². The zero-order chi connectivity index (χ0) is 13.4. The van der Waals surface area contributed by atoms with Crippen LogP contribution in [-0.2, 0) is 0 Å². The van der Waals surface area contributed by atoms with Crippen molar-refractivity contribution in [2.75, 3.05) is 18.0 Å². The number of aromatic nitrogens is 1. The topological polar surface area (TPSA) is 42.1 Å². The molecule has 1 aromatic heterocycles. The molecule has 1 aliphatic rings. The molecule has 100 valence electrons. The van der Waals surface area contributed by atoms with Crippen molar-refractivity contribution < 1.29 is 13.2 Å². The average molecular weight is 280 g/mol. The van der Waals surface area contributed by atoms with Crippen molar-refractivity contribution in [2.24, 2.45) is 11.7 Å². The van der Waals surface area contributed by atoms with Gasteiger partial charge in [-0.15, -0.1) is 11.6 Å². The highest BCUT2D eigenvalue weighted by atomic mass is 35.5. The van der Waals surface area contributed by atoms with E-state index in [1.165, 1.54) is 11.1 Å². The van der Waals surface area contributed by atoms with Crippen LogP contribution < -0.4 is 10.6 Å². The lowest BCUT2D eigenvalue weighted by Gasteiger charge is -2.41. The lowest BCUT2D eigenvalue weighted by Crippen LogP contribution is -2.56. The Bertz CT molecular complexity index is 408. The molecule has 0 radical (unpaired) electrons. The Hall–Kier alpha value is -1.01. The van der Waals surface area contributed by atoms with E-state index in [9.17, 15) is 13.2 Å². The van der Waals surface area contributed by atoms with E-state index in [-0.39, 0.29) is 19.5 Å². The first-order valence-corrected chi connectivity index (χ1v) is 5.86. The minimum Gasteiger partial charge on any atom is -0.353 e. The molecule has 2 unspecified atom stereocenters. The summed E-state index contributed by atoms with van der Waals surface area (Å²) in [5, 5.41) is 0. The molecule has 2 atom stereocenters. The number of pyridine rings is 1. The van der Waals surface area contributed by atoms with Crippen LogP contribution in [0.2, 0.25) is 0 Å². The third-order valence-electron chi connectivity index (χ3n) is 2.92. The molecule has 1 aromatic rings. The normalized spacial score (nSPS) is 29.4. The van der Waals surface area contributed by atoms with Crippen molar-refractivity contribution in [2.45, 2.75) is 17.6 Å². The Morgan fingerprint density at radius 1 is 1.44 bits per heavy atom. The van der Waals surface area contributed by atoms with Crippen LogP contribution in [0.5, 0.6) is 0 Å². The van der Waals surface area contributed by atoms with Crippen molar-refractivity contribution in [1.82, 2.24) is 4.98 Å². The fourth-order valence-electron chi connectivity index (χ4n) is 2.12. The van der Waals surface area contributed by atoms with Crippen molar-refractivity contribution in [3.63, 3.8) is 0 Å². The van der Waals surface area contributed by atoms with Crippen molar-refractivity contribution in [3.05, 3.63) is 24.4 Å². The van der Waals surface area contributed by atoms with Gasteiger partial charge in [0.1, 0.15) is 10.8 Å². The second kappa shape index (κ2) is 4.59. The Labute approximate surface area is 108 Å². The van der Waals surface area contributed by atoms with Gasteiger partial charge in [-0.2, -0.15) is 13.2 Å². The minimum absolute atomic E-state index is 0.151. The molecule has 18 heavy (non-hydrogen) atoms. The summed E-state index contributed by atoms with van der Waals surface area (Å²) >= 11 is 5.93. The van der Waals surface area contributed by atoms with Crippen molar-refractivity contribution in [1.29, 1.82) is 0 Å². The molecule has 0 amide bonds. The zero-order valence-electron chi connectivity index (χ0n) is 9.49. The number of nitrogens with two attached hydrogens (primary N) is 1. The predicted octanol–water partition coefficient (Wildman–Crippen LogP) is 2.36. The van der Waals surface area contributed by atoms with Gasteiger partial charge in [0.2, 0.25) is 0 Å². The zero-order valence-corrected chi connectivity index (χ0v) is 10.2. The number of hydrogen-bond acceptors (Lipinski definition) is 3. The minimum atomic E-state index is -4.30. The third-order valence-corrected chi connectivity index (χ3v) is 3.19. The molecule has 3 nitrogen and oxygen atoms in total. The fourth-order valence-corrected chi connectivity index (χ4v) is 2.45. The van der Waals surface area contributed by atoms with Crippen LogP contribution in [0.25, 0.3) is 0 Å². The molecule has 0 aliphatic carbocycles. The van der Waals surface area contributed by atoms with Crippen LogP contribution in [0.1, 0.15) is 6.42 Å². The van der Waals surface area contributed by atoms with Gasteiger partial charge in [-0.25, -0.2) is 4.98 Å². The number of alkyl halides is 4. The molecule has 2 rings (SSSR count). The highest BCUT2D eigenvalue weighted by molar-refractivity contribution is 6.23. The van der Waals surface area contributed by atoms with E-state index in [1.807, 2.05) is 0 Å². The molecular formula is C11H13ClF3N3. The Morgan fingerprint density at radius 3 is 2.72 bits per heavy atom. The lowest BCUT2D eigenvalue weighted by atomic mass is 9.93. The number of hydrogen-bond donors (Lipinski definition) is 1. The Kier molecular flexibility index (Phi) is 3.42. The molecule has 1 aliphatic heterocycles. The van der Waals surface area contributed by atoms with Crippen molar-refractivity contribution in [3.8, 4) is 0 Å². The fraction of sp³-hybridized carbons (Fsp3) is 0.545. The van der Waals surface area contributed by atoms with E-state index >= 15 is 0 Å². The maximum Gasteiger partial charge on any atom is 0.393 e. The van der Waals surface area contributed by atoms with E-state index in [1.54, 1.807) is 18.2 Å². The van der Waals surface area contributed by atoms with Crippen LogP contribution in [0.15, 0.2) is 24.4 Å². The Morgan fingerprint density at radius 2 is 2.17 bits per heavy atom. The highest BCUT2D eigenvalue weighted by Gasteiger charge is 2.48. The summed E-state index contributed by atoms with van der Waals surface area (Å²) < 4.78 is 38.4. The number of nitrogens with zero attached hydrogens (tertiary/aromatic N) is 2. The van der Waals surface area contributed by atoms with Crippen LogP contribution in [-0.4, -0.2) is 29.2 Å². The predicted molar refractivity (Wildman–Crippen MR) is 63.4 cm³/mol. The first-order chi connectivity index (χ1) is 8.28. The molecule has 1 fully saturated rings. The SMILES string of the molecule is NC1(Cl)CC(C(F)(F)F)CN(c2ccccn2)C1. The quantitative estimate of drug-likeness (QED) is 0.634. The molecule has 0 spiro atoms. The Balaban J connectivity index is 2.22. The number of piperidine rings is 1. The molecule has 0 saturated carbocycles. The maximum atomic E-state index is 12.8. The smallest absolute Gasteiger partial charge is 0.353 e.